The molecule has 1 atom stereocenters. The van der Waals surface area contributed by atoms with Gasteiger partial charge in [0.2, 0.25) is 5.76 Å². The molecule has 1 aliphatic rings. The van der Waals surface area contributed by atoms with Crippen molar-refractivity contribution in [2.75, 3.05) is 5.32 Å². The predicted molar refractivity (Wildman–Crippen MR) is 89.2 cm³/mol. The first kappa shape index (κ1) is 15.7. The molecule has 0 radical (unpaired) electrons. The minimum atomic E-state index is -0.255. The quantitative estimate of drug-likeness (QED) is 0.937. The number of rotatable bonds is 4. The summed E-state index contributed by atoms with van der Waals surface area (Å²) in [6.45, 7) is 10.3. The number of hydrogen-bond donors (Lipinski definition) is 1. The molecule has 1 N–H and O–H groups in total. The van der Waals surface area contributed by atoms with E-state index in [0.29, 0.717) is 17.7 Å². The van der Waals surface area contributed by atoms with Crippen molar-refractivity contribution in [1.29, 1.82) is 0 Å². The number of hydrogen-bond acceptors (Lipinski definition) is 4. The lowest BCUT2D eigenvalue weighted by Crippen LogP contribution is -2.32. The first-order chi connectivity index (χ1) is 11.0. The Balaban J connectivity index is 1.79. The van der Waals surface area contributed by atoms with Gasteiger partial charge in [0.15, 0.2) is 0 Å². The third kappa shape index (κ3) is 3.15. The Kier molecular flexibility index (Phi) is 4.22. The summed E-state index contributed by atoms with van der Waals surface area (Å²) < 4.78 is 5.04. The number of nitrogens with zero attached hydrogens (tertiary/aromatic N) is 2. The second kappa shape index (κ2) is 6.16. The SMILES string of the molecule is Cc1cc(C(=O)Nc2cccc3c2CN([C@@H](C)C(C)C)C3)on1. The molecule has 5 nitrogen and oxygen atoms in total. The highest BCUT2D eigenvalue weighted by atomic mass is 16.5. The summed E-state index contributed by atoms with van der Waals surface area (Å²) in [5.41, 5.74) is 4.04. The summed E-state index contributed by atoms with van der Waals surface area (Å²) in [6, 6.07) is 8.22. The monoisotopic (exact) mass is 313 g/mol. The van der Waals surface area contributed by atoms with Crippen LogP contribution in [0.25, 0.3) is 0 Å². The van der Waals surface area contributed by atoms with Crippen LogP contribution in [0.1, 0.15) is 48.1 Å². The van der Waals surface area contributed by atoms with Gasteiger partial charge >= 0.3 is 0 Å². The fraction of sp³-hybridized carbons (Fsp3) is 0.444. The minimum Gasteiger partial charge on any atom is -0.351 e. The Bertz CT molecular complexity index is 721. The lowest BCUT2D eigenvalue weighted by Gasteiger charge is -2.27. The third-order valence-electron chi connectivity index (χ3n) is 4.65. The number of aromatic nitrogens is 1. The van der Waals surface area contributed by atoms with Gasteiger partial charge in [0.25, 0.3) is 5.91 Å². The van der Waals surface area contributed by atoms with Gasteiger partial charge in [-0.1, -0.05) is 31.1 Å². The number of benzene rings is 1. The molecule has 0 aliphatic carbocycles. The smallest absolute Gasteiger partial charge is 0.294 e. The van der Waals surface area contributed by atoms with Gasteiger partial charge in [-0.2, -0.15) is 0 Å². The van der Waals surface area contributed by atoms with Gasteiger partial charge in [-0.3, -0.25) is 9.69 Å². The number of carbonyl (C=O) groups is 1. The Hall–Kier alpha value is -2.14. The Morgan fingerprint density at radius 1 is 1.30 bits per heavy atom. The Morgan fingerprint density at radius 2 is 2.09 bits per heavy atom. The van der Waals surface area contributed by atoms with E-state index in [1.807, 2.05) is 12.1 Å². The van der Waals surface area contributed by atoms with Crippen molar-refractivity contribution in [2.24, 2.45) is 5.92 Å². The maximum Gasteiger partial charge on any atom is 0.294 e. The Labute approximate surface area is 136 Å². The van der Waals surface area contributed by atoms with E-state index in [2.05, 4.69) is 42.2 Å². The molecular formula is C18H23N3O2. The van der Waals surface area contributed by atoms with Gasteiger partial charge in [-0.25, -0.2) is 0 Å². The van der Waals surface area contributed by atoms with Gasteiger partial charge in [0.05, 0.1) is 5.69 Å². The lowest BCUT2D eigenvalue weighted by molar-refractivity contribution is 0.0987. The fourth-order valence-corrected chi connectivity index (χ4v) is 2.93. The van der Waals surface area contributed by atoms with Gasteiger partial charge < -0.3 is 9.84 Å². The average molecular weight is 313 g/mol. The van der Waals surface area contributed by atoms with Crippen LogP contribution in [-0.2, 0) is 13.1 Å². The minimum absolute atomic E-state index is 0.241. The molecule has 23 heavy (non-hydrogen) atoms. The molecule has 0 spiro atoms. The summed E-state index contributed by atoms with van der Waals surface area (Å²) >= 11 is 0. The molecule has 0 saturated heterocycles. The molecule has 0 bridgehead atoms. The molecule has 122 valence electrons. The molecule has 1 aromatic heterocycles. The molecule has 2 aromatic rings. The van der Waals surface area contributed by atoms with Crippen LogP contribution < -0.4 is 5.32 Å². The first-order valence-corrected chi connectivity index (χ1v) is 8.05. The van der Waals surface area contributed by atoms with Crippen LogP contribution in [0.4, 0.5) is 5.69 Å². The molecule has 1 aromatic carbocycles. The van der Waals surface area contributed by atoms with Crippen molar-refractivity contribution in [3.05, 3.63) is 46.8 Å². The highest BCUT2D eigenvalue weighted by Gasteiger charge is 2.27. The van der Waals surface area contributed by atoms with Crippen molar-refractivity contribution in [3.63, 3.8) is 0 Å². The normalized spacial score (nSPS) is 15.7. The maximum atomic E-state index is 12.3. The number of anilines is 1. The van der Waals surface area contributed by atoms with E-state index in [1.165, 1.54) is 11.1 Å². The van der Waals surface area contributed by atoms with Crippen LogP contribution >= 0.6 is 0 Å². The van der Waals surface area contributed by atoms with Crippen LogP contribution in [0.2, 0.25) is 0 Å². The fourth-order valence-electron chi connectivity index (χ4n) is 2.93. The molecule has 1 aliphatic heterocycles. The van der Waals surface area contributed by atoms with E-state index in [4.69, 9.17) is 4.52 Å². The molecule has 3 rings (SSSR count). The zero-order valence-electron chi connectivity index (χ0n) is 14.1. The van der Waals surface area contributed by atoms with E-state index in [1.54, 1.807) is 13.0 Å². The van der Waals surface area contributed by atoms with Crippen LogP contribution in [0.15, 0.2) is 28.8 Å². The van der Waals surface area contributed by atoms with E-state index >= 15 is 0 Å². The van der Waals surface area contributed by atoms with Crippen LogP contribution in [-0.4, -0.2) is 22.0 Å². The van der Waals surface area contributed by atoms with Gasteiger partial charge in [0.1, 0.15) is 0 Å². The number of carbonyl (C=O) groups excluding carboxylic acids is 1. The van der Waals surface area contributed by atoms with E-state index in [0.717, 1.165) is 18.8 Å². The van der Waals surface area contributed by atoms with E-state index in [9.17, 15) is 4.79 Å². The lowest BCUT2D eigenvalue weighted by atomic mass is 10.1. The molecule has 5 heteroatoms. The molecular weight excluding hydrogens is 290 g/mol. The summed E-state index contributed by atoms with van der Waals surface area (Å²) in [5.74, 6) is 0.583. The standard InChI is InChI=1S/C18H23N3O2/c1-11(2)13(4)21-9-14-6-5-7-16(15(14)10-21)19-18(22)17-8-12(3)20-23-17/h5-8,11,13H,9-10H2,1-4H3,(H,19,22)/t13-/m0/s1. The van der Waals surface area contributed by atoms with Crippen molar-refractivity contribution >= 4 is 11.6 Å². The molecule has 0 saturated carbocycles. The average Bonchev–Trinajstić information content (AvgIpc) is 3.13. The summed E-state index contributed by atoms with van der Waals surface area (Å²) in [4.78, 5) is 14.7. The molecule has 2 heterocycles. The number of fused-ring (bicyclic) bond motifs is 1. The maximum absolute atomic E-state index is 12.3. The van der Waals surface area contributed by atoms with Crippen LogP contribution in [0, 0.1) is 12.8 Å². The first-order valence-electron chi connectivity index (χ1n) is 8.05. The van der Waals surface area contributed by atoms with Gasteiger partial charge in [-0.05, 0) is 37.0 Å². The highest BCUT2D eigenvalue weighted by Crippen LogP contribution is 2.32. The van der Waals surface area contributed by atoms with Crippen molar-refractivity contribution in [1.82, 2.24) is 10.1 Å². The predicted octanol–water partition coefficient (Wildman–Crippen LogP) is 3.60. The van der Waals surface area contributed by atoms with Crippen molar-refractivity contribution in [2.45, 2.75) is 46.8 Å². The largest absolute Gasteiger partial charge is 0.351 e. The summed E-state index contributed by atoms with van der Waals surface area (Å²) in [6.07, 6.45) is 0. The van der Waals surface area contributed by atoms with Crippen LogP contribution in [0.3, 0.4) is 0 Å². The highest BCUT2D eigenvalue weighted by molar-refractivity contribution is 6.02. The number of amides is 1. The zero-order chi connectivity index (χ0) is 16.6. The van der Waals surface area contributed by atoms with E-state index in [-0.39, 0.29) is 11.7 Å². The Morgan fingerprint density at radius 3 is 2.74 bits per heavy atom. The summed E-state index contributed by atoms with van der Waals surface area (Å²) in [5, 5.41) is 6.72. The number of aryl methyl sites for hydroxylation is 1. The second-order valence-corrected chi connectivity index (χ2v) is 6.62. The molecule has 1 amide bonds. The van der Waals surface area contributed by atoms with Crippen LogP contribution in [0.5, 0.6) is 0 Å². The van der Waals surface area contributed by atoms with Crippen molar-refractivity contribution < 1.29 is 9.32 Å². The van der Waals surface area contributed by atoms with E-state index < -0.39 is 0 Å². The topological polar surface area (TPSA) is 58.4 Å². The summed E-state index contributed by atoms with van der Waals surface area (Å²) in [7, 11) is 0. The zero-order valence-corrected chi connectivity index (χ0v) is 14.1. The molecule has 0 fully saturated rings. The van der Waals surface area contributed by atoms with Crippen molar-refractivity contribution in [3.8, 4) is 0 Å². The van der Waals surface area contributed by atoms with Gasteiger partial charge in [-0.15, -0.1) is 0 Å². The third-order valence-corrected chi connectivity index (χ3v) is 4.65. The second-order valence-electron chi connectivity index (χ2n) is 6.62. The molecule has 0 unspecified atom stereocenters. The van der Waals surface area contributed by atoms with Gasteiger partial charge in [0, 0.05) is 30.9 Å². The number of nitrogens with one attached hydrogen (secondary N) is 1.